The number of benzene rings is 1. The lowest BCUT2D eigenvalue weighted by Gasteiger charge is -1.99. The van der Waals surface area contributed by atoms with Gasteiger partial charge < -0.3 is 10.0 Å². The van der Waals surface area contributed by atoms with Crippen molar-refractivity contribution in [2.75, 3.05) is 0 Å². The van der Waals surface area contributed by atoms with Crippen molar-refractivity contribution in [3.63, 3.8) is 0 Å². The molecule has 0 aliphatic heterocycles. The number of aryl methyl sites for hydroxylation is 1. The monoisotopic (exact) mass is 206 g/mol. The molecule has 0 atom stereocenters. The maximum atomic E-state index is 8.92. The Kier molecular flexibility index (Phi) is 3.88. The molecular weight excluding hydrogens is 191 g/mol. The molecule has 80 valence electrons. The van der Waals surface area contributed by atoms with Gasteiger partial charge in [-0.15, -0.1) is 0 Å². The lowest BCUT2D eigenvalue weighted by molar-refractivity contribution is 0.426. The zero-order valence-corrected chi connectivity index (χ0v) is 9.18. The third-order valence-electron chi connectivity index (χ3n) is 2.07. The van der Waals surface area contributed by atoms with Gasteiger partial charge in [0.15, 0.2) is 0 Å². The second-order valence-corrected chi connectivity index (χ2v) is 2.96. The Hall–Kier alpha value is -1.33. The molecule has 0 aliphatic carbocycles. The molecule has 0 amide bonds. The molecule has 5 heteroatoms. The van der Waals surface area contributed by atoms with Crippen molar-refractivity contribution in [2.45, 2.75) is 13.8 Å². The third kappa shape index (κ3) is 2.37. The molecule has 0 radical (unpaired) electrons. The van der Waals surface area contributed by atoms with E-state index in [2.05, 4.69) is 5.10 Å². The molecular formula is C10H15BN2O2. The van der Waals surface area contributed by atoms with E-state index in [1.165, 1.54) is 0 Å². The van der Waals surface area contributed by atoms with Crippen LogP contribution in [-0.4, -0.2) is 26.9 Å². The van der Waals surface area contributed by atoms with Crippen LogP contribution in [0.25, 0.3) is 10.9 Å². The van der Waals surface area contributed by atoms with Crippen molar-refractivity contribution in [1.82, 2.24) is 9.78 Å². The fourth-order valence-electron chi connectivity index (χ4n) is 1.34. The first-order valence-electron chi connectivity index (χ1n) is 4.96. The maximum Gasteiger partial charge on any atom is 0.488 e. The number of fused-ring (bicyclic) bond motifs is 1. The van der Waals surface area contributed by atoms with E-state index in [1.54, 1.807) is 23.0 Å². The van der Waals surface area contributed by atoms with Crippen LogP contribution in [0.3, 0.4) is 0 Å². The summed E-state index contributed by atoms with van der Waals surface area (Å²) in [6.45, 7) is 4.00. The lowest BCUT2D eigenvalue weighted by Crippen LogP contribution is -2.29. The number of rotatable bonds is 1. The summed E-state index contributed by atoms with van der Waals surface area (Å²) in [7, 11) is 0.432. The quantitative estimate of drug-likeness (QED) is 0.659. The number of hydrogen-bond donors (Lipinski definition) is 2. The van der Waals surface area contributed by atoms with E-state index >= 15 is 0 Å². The fraction of sp³-hybridized carbons (Fsp3) is 0.300. The molecule has 0 saturated carbocycles. The van der Waals surface area contributed by atoms with Gasteiger partial charge in [0, 0.05) is 12.4 Å². The molecule has 1 aromatic heterocycles. The standard InChI is InChI=1S/C8H9BN2O2.C2H6/c1-11-8-3-2-7(9(12)13)4-6(8)5-10-11;1-2/h2-5,12-13H,1H3;1-2H3. The second-order valence-electron chi connectivity index (χ2n) is 2.96. The van der Waals surface area contributed by atoms with E-state index in [-0.39, 0.29) is 0 Å². The van der Waals surface area contributed by atoms with Crippen molar-refractivity contribution < 1.29 is 10.0 Å². The first-order valence-corrected chi connectivity index (χ1v) is 4.96. The molecule has 0 saturated heterocycles. The molecule has 1 aromatic carbocycles. The van der Waals surface area contributed by atoms with Gasteiger partial charge in [0.1, 0.15) is 0 Å². The lowest BCUT2D eigenvalue weighted by atomic mass is 9.80. The van der Waals surface area contributed by atoms with Gasteiger partial charge in [-0.2, -0.15) is 5.10 Å². The molecule has 2 rings (SSSR count). The summed E-state index contributed by atoms with van der Waals surface area (Å²) in [5, 5.41) is 22.8. The Morgan fingerprint density at radius 2 is 1.93 bits per heavy atom. The molecule has 0 spiro atoms. The topological polar surface area (TPSA) is 58.3 Å². The van der Waals surface area contributed by atoms with Crippen molar-refractivity contribution in [2.24, 2.45) is 7.05 Å². The first kappa shape index (κ1) is 11.7. The number of nitrogens with zero attached hydrogens (tertiary/aromatic N) is 2. The molecule has 0 aliphatic rings. The number of hydrogen-bond acceptors (Lipinski definition) is 3. The summed E-state index contributed by atoms with van der Waals surface area (Å²) in [5.41, 5.74) is 1.46. The Morgan fingerprint density at radius 1 is 1.27 bits per heavy atom. The predicted octanol–water partition coefficient (Wildman–Crippen LogP) is 0.279. The van der Waals surface area contributed by atoms with Crippen LogP contribution in [0.5, 0.6) is 0 Å². The molecule has 2 N–H and O–H groups in total. The van der Waals surface area contributed by atoms with Crippen molar-refractivity contribution in [1.29, 1.82) is 0 Å². The predicted molar refractivity (Wildman–Crippen MR) is 61.9 cm³/mol. The highest BCUT2D eigenvalue weighted by atomic mass is 16.4. The highest BCUT2D eigenvalue weighted by Gasteiger charge is 2.11. The van der Waals surface area contributed by atoms with Crippen LogP contribution < -0.4 is 5.46 Å². The van der Waals surface area contributed by atoms with E-state index in [0.717, 1.165) is 10.9 Å². The molecule has 0 fully saturated rings. The highest BCUT2D eigenvalue weighted by Crippen LogP contribution is 2.09. The largest absolute Gasteiger partial charge is 0.488 e. The molecule has 2 aromatic rings. The molecule has 1 heterocycles. The molecule has 0 unspecified atom stereocenters. The van der Waals surface area contributed by atoms with Crippen LogP contribution in [0.4, 0.5) is 0 Å². The highest BCUT2D eigenvalue weighted by molar-refractivity contribution is 6.58. The van der Waals surface area contributed by atoms with Gasteiger partial charge in [0.2, 0.25) is 0 Å². The fourth-order valence-corrected chi connectivity index (χ4v) is 1.34. The average Bonchev–Trinajstić information content (AvgIpc) is 2.63. The van der Waals surface area contributed by atoms with E-state index in [9.17, 15) is 0 Å². The summed E-state index contributed by atoms with van der Waals surface area (Å²) in [6.07, 6.45) is 1.70. The van der Waals surface area contributed by atoms with Gasteiger partial charge in [-0.3, -0.25) is 4.68 Å². The van der Waals surface area contributed by atoms with E-state index in [4.69, 9.17) is 10.0 Å². The minimum atomic E-state index is -1.41. The van der Waals surface area contributed by atoms with Crippen molar-refractivity contribution in [3.05, 3.63) is 24.4 Å². The summed E-state index contributed by atoms with van der Waals surface area (Å²) < 4.78 is 1.74. The zero-order chi connectivity index (χ0) is 11.4. The molecule has 15 heavy (non-hydrogen) atoms. The van der Waals surface area contributed by atoms with Gasteiger partial charge in [-0.05, 0) is 11.5 Å². The van der Waals surface area contributed by atoms with Gasteiger partial charge >= 0.3 is 7.12 Å². The Balaban J connectivity index is 0.000000531. The smallest absolute Gasteiger partial charge is 0.423 e. The van der Waals surface area contributed by atoms with E-state index in [0.29, 0.717) is 5.46 Å². The van der Waals surface area contributed by atoms with Gasteiger partial charge in [-0.25, -0.2) is 0 Å². The van der Waals surface area contributed by atoms with E-state index < -0.39 is 7.12 Å². The second kappa shape index (κ2) is 4.95. The average molecular weight is 206 g/mol. The maximum absolute atomic E-state index is 8.92. The van der Waals surface area contributed by atoms with Crippen LogP contribution >= 0.6 is 0 Å². The third-order valence-corrected chi connectivity index (χ3v) is 2.07. The van der Waals surface area contributed by atoms with Crippen LogP contribution in [0.1, 0.15) is 13.8 Å². The SMILES string of the molecule is CC.Cn1ncc2cc(B(O)O)ccc21. The van der Waals surface area contributed by atoms with Crippen LogP contribution in [0.2, 0.25) is 0 Å². The summed E-state index contributed by atoms with van der Waals surface area (Å²) in [6, 6.07) is 5.21. The summed E-state index contributed by atoms with van der Waals surface area (Å²) in [4.78, 5) is 0. The first-order chi connectivity index (χ1) is 7.18. The van der Waals surface area contributed by atoms with Crippen LogP contribution in [-0.2, 0) is 7.05 Å². The normalized spacial score (nSPS) is 9.67. The summed E-state index contributed by atoms with van der Waals surface area (Å²) in [5.74, 6) is 0. The van der Waals surface area contributed by atoms with Crippen molar-refractivity contribution in [3.8, 4) is 0 Å². The minimum Gasteiger partial charge on any atom is -0.423 e. The zero-order valence-electron chi connectivity index (χ0n) is 9.18. The van der Waals surface area contributed by atoms with Gasteiger partial charge in [0.25, 0.3) is 0 Å². The van der Waals surface area contributed by atoms with Crippen LogP contribution in [0, 0.1) is 0 Å². The molecule has 0 bridgehead atoms. The van der Waals surface area contributed by atoms with Crippen molar-refractivity contribution >= 4 is 23.5 Å². The Bertz CT molecular complexity index is 440. The van der Waals surface area contributed by atoms with Gasteiger partial charge in [0.05, 0.1) is 11.7 Å². The van der Waals surface area contributed by atoms with Gasteiger partial charge in [-0.1, -0.05) is 26.0 Å². The van der Waals surface area contributed by atoms with Crippen LogP contribution in [0.15, 0.2) is 24.4 Å². The summed E-state index contributed by atoms with van der Waals surface area (Å²) >= 11 is 0. The number of aromatic nitrogens is 2. The minimum absolute atomic E-state index is 0.487. The Labute approximate surface area is 89.3 Å². The Morgan fingerprint density at radius 3 is 2.53 bits per heavy atom. The van der Waals surface area contributed by atoms with E-state index in [1.807, 2.05) is 27.0 Å². The molecule has 4 nitrogen and oxygen atoms in total.